The minimum absolute atomic E-state index is 0.0512. The number of rotatable bonds is 3. The van der Waals surface area contributed by atoms with E-state index in [1.807, 2.05) is 18.2 Å². The summed E-state index contributed by atoms with van der Waals surface area (Å²) in [4.78, 5) is 22.8. The van der Waals surface area contributed by atoms with Crippen molar-refractivity contribution in [1.82, 2.24) is 9.88 Å². The highest BCUT2D eigenvalue weighted by atomic mass is 32.2. The van der Waals surface area contributed by atoms with Crippen LogP contribution < -0.4 is 16.8 Å². The molecule has 2 atom stereocenters. The molecule has 3 aromatic rings. The van der Waals surface area contributed by atoms with Crippen molar-refractivity contribution in [2.24, 2.45) is 12.8 Å². The van der Waals surface area contributed by atoms with Crippen LogP contribution in [0, 0.1) is 18.3 Å². The van der Waals surface area contributed by atoms with Crippen molar-refractivity contribution < 1.29 is 13.4 Å². The van der Waals surface area contributed by atoms with Crippen molar-refractivity contribution in [3.05, 3.63) is 58.6 Å². The summed E-state index contributed by atoms with van der Waals surface area (Å²) < 4.78 is 17.7. The number of oxazole rings is 1. The number of fused-ring (bicyclic) bond motifs is 1. The lowest BCUT2D eigenvalue weighted by atomic mass is 10.00. The van der Waals surface area contributed by atoms with Gasteiger partial charge in [0, 0.05) is 23.6 Å². The van der Waals surface area contributed by atoms with Crippen LogP contribution >= 0.6 is 0 Å². The van der Waals surface area contributed by atoms with E-state index >= 15 is 0 Å². The van der Waals surface area contributed by atoms with Gasteiger partial charge in [0.05, 0.1) is 17.3 Å². The molecule has 1 aliphatic rings. The van der Waals surface area contributed by atoms with E-state index in [1.54, 1.807) is 13.1 Å². The summed E-state index contributed by atoms with van der Waals surface area (Å²) in [5, 5.41) is 10.6. The molecule has 162 valence electrons. The number of aromatic nitrogens is 1. The zero-order chi connectivity index (χ0) is 22.6. The number of carbonyl (C=O) groups excluding carboxylic acids is 1. The zero-order valence-electron chi connectivity index (χ0n) is 17.4. The van der Waals surface area contributed by atoms with Crippen LogP contribution in [0.25, 0.3) is 22.2 Å². The molecule has 1 aliphatic heterocycles. The number of nitrogens with one attached hydrogen (secondary N) is 1. The second-order valence-corrected chi connectivity index (χ2v) is 9.09. The van der Waals surface area contributed by atoms with Gasteiger partial charge in [-0.15, -0.1) is 0 Å². The van der Waals surface area contributed by atoms with Crippen LogP contribution in [0.3, 0.4) is 0 Å². The SMILES string of the molecule is Cc1ccc(-c2ccc3oc(=O)n(C)c3c2)cc1.N#CCNC(=O)C1(N)CCS(=O)C1. The fourth-order valence-electron chi connectivity index (χ4n) is 3.25. The lowest BCUT2D eigenvalue weighted by Crippen LogP contribution is -2.54. The number of carbonyl (C=O) groups is 1. The summed E-state index contributed by atoms with van der Waals surface area (Å²) in [6.45, 7) is 2.01. The van der Waals surface area contributed by atoms with Crippen molar-refractivity contribution in [3.8, 4) is 17.2 Å². The fraction of sp³-hybridized carbons (Fsp3) is 0.318. The van der Waals surface area contributed by atoms with Gasteiger partial charge in [-0.2, -0.15) is 5.26 Å². The van der Waals surface area contributed by atoms with Crippen molar-refractivity contribution in [2.45, 2.75) is 18.9 Å². The summed E-state index contributed by atoms with van der Waals surface area (Å²) in [5.74, 6) is -0.0354. The van der Waals surface area contributed by atoms with Gasteiger partial charge in [0.2, 0.25) is 5.91 Å². The van der Waals surface area contributed by atoms with Gasteiger partial charge in [-0.1, -0.05) is 35.9 Å². The monoisotopic (exact) mass is 440 g/mol. The Bertz CT molecular complexity index is 1220. The van der Waals surface area contributed by atoms with Crippen LogP contribution in [-0.2, 0) is 22.6 Å². The molecule has 2 unspecified atom stereocenters. The molecular weight excluding hydrogens is 416 g/mol. The molecular formula is C22H24N4O4S. The highest BCUT2D eigenvalue weighted by molar-refractivity contribution is 7.85. The lowest BCUT2D eigenvalue weighted by Gasteiger charge is -2.19. The zero-order valence-corrected chi connectivity index (χ0v) is 18.2. The smallest absolute Gasteiger partial charge is 0.408 e. The van der Waals surface area contributed by atoms with Crippen molar-refractivity contribution >= 4 is 27.8 Å². The molecule has 2 aromatic carbocycles. The molecule has 0 bridgehead atoms. The molecule has 4 rings (SSSR count). The van der Waals surface area contributed by atoms with Crippen molar-refractivity contribution in [3.63, 3.8) is 0 Å². The van der Waals surface area contributed by atoms with Gasteiger partial charge in [-0.3, -0.25) is 13.6 Å². The first-order valence-electron chi connectivity index (χ1n) is 9.69. The first-order valence-corrected chi connectivity index (χ1v) is 11.2. The Morgan fingerprint density at radius 1 is 1.29 bits per heavy atom. The molecule has 1 fully saturated rings. The molecule has 1 aromatic heterocycles. The Morgan fingerprint density at radius 3 is 2.58 bits per heavy atom. The van der Waals surface area contributed by atoms with E-state index in [4.69, 9.17) is 15.4 Å². The molecule has 2 heterocycles. The van der Waals surface area contributed by atoms with Crippen molar-refractivity contribution in [1.29, 1.82) is 5.26 Å². The number of nitrogens with two attached hydrogens (primary N) is 1. The quantitative estimate of drug-likeness (QED) is 0.595. The first-order chi connectivity index (χ1) is 14.7. The Hall–Kier alpha value is -3.22. The molecule has 0 spiro atoms. The first kappa shape index (κ1) is 22.5. The number of nitriles is 1. The second kappa shape index (κ2) is 9.29. The maximum absolute atomic E-state index is 11.4. The number of amides is 1. The highest BCUT2D eigenvalue weighted by Crippen LogP contribution is 2.24. The number of benzene rings is 2. The highest BCUT2D eigenvalue weighted by Gasteiger charge is 2.40. The van der Waals surface area contributed by atoms with Gasteiger partial charge in [0.15, 0.2) is 5.58 Å². The van der Waals surface area contributed by atoms with Crippen LogP contribution in [0.4, 0.5) is 0 Å². The molecule has 8 nitrogen and oxygen atoms in total. The van der Waals surface area contributed by atoms with Crippen LogP contribution in [0.15, 0.2) is 51.7 Å². The summed E-state index contributed by atoms with van der Waals surface area (Å²) in [5.41, 5.74) is 9.58. The molecule has 1 amide bonds. The van der Waals surface area contributed by atoms with Crippen LogP contribution in [0.1, 0.15) is 12.0 Å². The lowest BCUT2D eigenvalue weighted by molar-refractivity contribution is -0.125. The average Bonchev–Trinajstić information content (AvgIpc) is 3.26. The van der Waals surface area contributed by atoms with Gasteiger partial charge >= 0.3 is 5.76 Å². The van der Waals surface area contributed by atoms with E-state index in [0.29, 0.717) is 17.8 Å². The van der Waals surface area contributed by atoms with E-state index in [0.717, 1.165) is 16.6 Å². The number of hydrogen-bond donors (Lipinski definition) is 2. The predicted octanol–water partition coefficient (Wildman–Crippen LogP) is 1.58. The fourth-order valence-corrected chi connectivity index (χ4v) is 4.84. The third kappa shape index (κ3) is 5.10. The normalized spacial score (nSPS) is 20.0. The Balaban J connectivity index is 0.000000187. The molecule has 31 heavy (non-hydrogen) atoms. The van der Waals surface area contributed by atoms with Crippen LogP contribution in [-0.4, -0.2) is 38.3 Å². The largest absolute Gasteiger partial charge is 0.419 e. The Labute approximate surface area is 182 Å². The average molecular weight is 441 g/mol. The van der Waals surface area contributed by atoms with E-state index in [9.17, 15) is 13.8 Å². The predicted molar refractivity (Wildman–Crippen MR) is 120 cm³/mol. The summed E-state index contributed by atoms with van der Waals surface area (Å²) in [7, 11) is 0.728. The van der Waals surface area contributed by atoms with E-state index in [-0.39, 0.29) is 24.0 Å². The van der Waals surface area contributed by atoms with E-state index in [2.05, 4.69) is 36.5 Å². The summed E-state index contributed by atoms with van der Waals surface area (Å²) >= 11 is 0. The minimum atomic E-state index is -1.03. The molecule has 0 radical (unpaired) electrons. The van der Waals surface area contributed by atoms with Gasteiger partial charge in [0.1, 0.15) is 12.1 Å². The molecule has 9 heteroatoms. The van der Waals surface area contributed by atoms with Crippen molar-refractivity contribution in [2.75, 3.05) is 18.1 Å². The molecule has 0 saturated carbocycles. The van der Waals surface area contributed by atoms with Gasteiger partial charge in [0.25, 0.3) is 0 Å². The number of aryl methyl sites for hydroxylation is 2. The molecule has 0 aliphatic carbocycles. The Morgan fingerprint density at radius 2 is 1.97 bits per heavy atom. The van der Waals surface area contributed by atoms with Crippen LogP contribution in [0.5, 0.6) is 0 Å². The van der Waals surface area contributed by atoms with Gasteiger partial charge in [-0.05, 0) is 36.6 Å². The molecule has 1 saturated heterocycles. The van der Waals surface area contributed by atoms with E-state index in [1.165, 1.54) is 10.1 Å². The standard InChI is InChI=1S/C15H13NO2.C7H11N3O2S/c1-10-3-5-11(6-4-10)12-7-8-14-13(9-12)16(2)15(17)18-14;8-2-3-10-6(11)7(9)1-4-13(12)5-7/h3-9H,1-2H3;1,3-5,9H2,(H,10,11). The van der Waals surface area contributed by atoms with Crippen LogP contribution in [0.2, 0.25) is 0 Å². The summed E-state index contributed by atoms with van der Waals surface area (Å²) in [6.07, 6.45) is 0.427. The molecule has 3 N–H and O–H groups in total. The second-order valence-electron chi connectivity index (χ2n) is 7.51. The number of nitrogens with zero attached hydrogens (tertiary/aromatic N) is 2. The van der Waals surface area contributed by atoms with Gasteiger partial charge in [-0.25, -0.2) is 4.79 Å². The third-order valence-electron chi connectivity index (χ3n) is 5.15. The maximum atomic E-state index is 11.4. The minimum Gasteiger partial charge on any atom is -0.408 e. The maximum Gasteiger partial charge on any atom is 0.419 e. The van der Waals surface area contributed by atoms with Gasteiger partial charge < -0.3 is 15.5 Å². The van der Waals surface area contributed by atoms with E-state index < -0.39 is 16.3 Å². The summed E-state index contributed by atoms with van der Waals surface area (Å²) in [6, 6.07) is 15.9. The third-order valence-corrected chi connectivity index (χ3v) is 6.65. The number of hydrogen-bond acceptors (Lipinski definition) is 6. The topological polar surface area (TPSA) is 131 Å². The Kier molecular flexibility index (Phi) is 6.73.